The van der Waals surface area contributed by atoms with Crippen LogP contribution in [-0.2, 0) is 4.79 Å². The highest BCUT2D eigenvalue weighted by Gasteiger charge is 2.25. The van der Waals surface area contributed by atoms with Crippen LogP contribution in [0.15, 0.2) is 30.3 Å². The smallest absolute Gasteiger partial charge is 0.190 e. The lowest BCUT2D eigenvalue weighted by Gasteiger charge is -2.31. The Balaban J connectivity index is 2.00. The quantitative estimate of drug-likeness (QED) is 0.822. The molecule has 1 unspecified atom stereocenters. The molecule has 1 aliphatic rings. The molecule has 2 rings (SSSR count). The van der Waals surface area contributed by atoms with Gasteiger partial charge in [-0.05, 0) is 36.6 Å². The van der Waals surface area contributed by atoms with E-state index in [2.05, 4.69) is 17.4 Å². The number of carbonyl (C=O) groups is 1. The Bertz CT molecular complexity index is 401. The Hall–Kier alpha value is -0.960. The predicted octanol–water partition coefficient (Wildman–Crippen LogP) is 4.72. The zero-order chi connectivity index (χ0) is 14.2. The first-order valence-corrected chi connectivity index (χ1v) is 8.75. The van der Waals surface area contributed by atoms with Crippen LogP contribution in [-0.4, -0.2) is 16.9 Å². The van der Waals surface area contributed by atoms with Crippen LogP contribution in [0.25, 0.3) is 0 Å². The largest absolute Gasteiger partial charge is 0.382 e. The van der Waals surface area contributed by atoms with Gasteiger partial charge < -0.3 is 5.32 Å². The Morgan fingerprint density at radius 3 is 2.60 bits per heavy atom. The molecular formula is C17H25NOS. The normalized spacial score (nSPS) is 17.6. The van der Waals surface area contributed by atoms with Crippen molar-refractivity contribution < 1.29 is 4.79 Å². The topological polar surface area (TPSA) is 29.1 Å². The molecule has 1 aromatic carbocycles. The summed E-state index contributed by atoms with van der Waals surface area (Å²) in [5.74, 6) is 1.52. The molecule has 1 saturated carbocycles. The van der Waals surface area contributed by atoms with Crippen molar-refractivity contribution in [3.63, 3.8) is 0 Å². The summed E-state index contributed by atoms with van der Waals surface area (Å²) >= 11 is 1.46. The van der Waals surface area contributed by atoms with Gasteiger partial charge in [0.2, 0.25) is 0 Å². The number of rotatable bonds is 6. The molecule has 0 heterocycles. The molecule has 1 fully saturated rings. The maximum Gasteiger partial charge on any atom is 0.190 e. The molecule has 1 aliphatic carbocycles. The monoisotopic (exact) mass is 291 g/mol. The van der Waals surface area contributed by atoms with Crippen molar-refractivity contribution in [2.24, 2.45) is 5.92 Å². The van der Waals surface area contributed by atoms with Gasteiger partial charge in [-0.2, -0.15) is 0 Å². The highest BCUT2D eigenvalue weighted by molar-refractivity contribution is 8.13. The maximum absolute atomic E-state index is 12.0. The number of para-hydroxylation sites is 1. The fourth-order valence-electron chi connectivity index (χ4n) is 3.02. The third kappa shape index (κ3) is 4.86. The zero-order valence-electron chi connectivity index (χ0n) is 12.3. The first-order valence-electron chi connectivity index (χ1n) is 7.77. The molecule has 20 heavy (non-hydrogen) atoms. The van der Waals surface area contributed by atoms with Crippen molar-refractivity contribution in [1.29, 1.82) is 0 Å². The number of benzene rings is 1. The lowest BCUT2D eigenvalue weighted by atomic mass is 9.82. The van der Waals surface area contributed by atoms with Gasteiger partial charge in [-0.25, -0.2) is 0 Å². The van der Waals surface area contributed by atoms with E-state index in [1.807, 2.05) is 25.1 Å². The first kappa shape index (κ1) is 15.4. The lowest BCUT2D eigenvalue weighted by Crippen LogP contribution is -2.32. The van der Waals surface area contributed by atoms with E-state index in [-0.39, 0.29) is 0 Å². The minimum absolute atomic E-state index is 0.296. The second-order valence-corrected chi connectivity index (χ2v) is 6.85. The van der Waals surface area contributed by atoms with Crippen LogP contribution < -0.4 is 5.32 Å². The molecule has 0 amide bonds. The van der Waals surface area contributed by atoms with Crippen molar-refractivity contribution in [2.45, 2.75) is 51.5 Å². The van der Waals surface area contributed by atoms with Gasteiger partial charge in [0.25, 0.3) is 0 Å². The van der Waals surface area contributed by atoms with Crippen molar-refractivity contribution in [1.82, 2.24) is 0 Å². The number of nitrogens with one attached hydrogen (secondary N) is 1. The van der Waals surface area contributed by atoms with Crippen LogP contribution >= 0.6 is 11.8 Å². The molecule has 1 atom stereocenters. The summed E-state index contributed by atoms with van der Waals surface area (Å²) in [6.45, 7) is 2.04. The van der Waals surface area contributed by atoms with E-state index in [1.165, 1.54) is 43.9 Å². The van der Waals surface area contributed by atoms with E-state index in [1.54, 1.807) is 0 Å². The van der Waals surface area contributed by atoms with E-state index in [9.17, 15) is 4.79 Å². The second kappa shape index (κ2) is 8.35. The second-order valence-electron chi connectivity index (χ2n) is 5.52. The summed E-state index contributed by atoms with van der Waals surface area (Å²) in [6.07, 6.45) is 7.15. The summed E-state index contributed by atoms with van der Waals surface area (Å²) in [5, 5.41) is 3.93. The summed E-state index contributed by atoms with van der Waals surface area (Å²) in [5.41, 5.74) is 1.14. The highest BCUT2D eigenvalue weighted by Crippen LogP contribution is 2.30. The van der Waals surface area contributed by atoms with Gasteiger partial charge in [0, 0.05) is 18.2 Å². The van der Waals surface area contributed by atoms with Gasteiger partial charge in [-0.15, -0.1) is 0 Å². The van der Waals surface area contributed by atoms with Gasteiger partial charge in [0.1, 0.15) is 0 Å². The molecular weight excluding hydrogens is 266 g/mol. The van der Waals surface area contributed by atoms with Crippen molar-refractivity contribution in [3.05, 3.63) is 30.3 Å². The molecule has 0 aromatic heterocycles. The fraction of sp³-hybridized carbons (Fsp3) is 0.588. The molecule has 3 heteroatoms. The minimum Gasteiger partial charge on any atom is -0.382 e. The fourth-order valence-corrected chi connectivity index (χ4v) is 3.64. The van der Waals surface area contributed by atoms with Crippen LogP contribution in [0.5, 0.6) is 0 Å². The molecule has 1 aromatic rings. The molecule has 0 saturated heterocycles. The van der Waals surface area contributed by atoms with Gasteiger partial charge in [0.05, 0.1) is 0 Å². The van der Waals surface area contributed by atoms with Crippen LogP contribution in [0.1, 0.15) is 45.4 Å². The van der Waals surface area contributed by atoms with Gasteiger partial charge in [-0.3, -0.25) is 4.79 Å². The highest BCUT2D eigenvalue weighted by atomic mass is 32.2. The van der Waals surface area contributed by atoms with E-state index in [4.69, 9.17) is 0 Å². The standard InChI is InChI=1S/C17H25NOS/c1-2-20-17(19)13-16(14-9-5-3-6-10-14)18-15-11-7-4-8-12-15/h4,7-8,11-12,14,16,18H,2-3,5-6,9-10,13H2,1H3. The summed E-state index contributed by atoms with van der Waals surface area (Å²) in [7, 11) is 0. The number of thioether (sulfide) groups is 1. The molecule has 0 radical (unpaired) electrons. The van der Waals surface area contributed by atoms with E-state index in [0.717, 1.165) is 11.4 Å². The van der Waals surface area contributed by atoms with E-state index in [0.29, 0.717) is 23.5 Å². The van der Waals surface area contributed by atoms with Crippen LogP contribution in [0.2, 0.25) is 0 Å². The third-order valence-electron chi connectivity index (χ3n) is 4.04. The maximum atomic E-state index is 12.0. The van der Waals surface area contributed by atoms with E-state index < -0.39 is 0 Å². The lowest BCUT2D eigenvalue weighted by molar-refractivity contribution is -0.111. The Morgan fingerprint density at radius 2 is 1.95 bits per heavy atom. The average molecular weight is 291 g/mol. The number of hydrogen-bond acceptors (Lipinski definition) is 3. The molecule has 0 bridgehead atoms. The first-order chi connectivity index (χ1) is 9.79. The summed E-state index contributed by atoms with van der Waals surface area (Å²) in [6, 6.07) is 10.6. The van der Waals surface area contributed by atoms with Crippen LogP contribution in [0, 0.1) is 5.92 Å². The third-order valence-corrected chi connectivity index (χ3v) is 4.81. The average Bonchev–Trinajstić information content (AvgIpc) is 2.49. The van der Waals surface area contributed by atoms with Crippen molar-refractivity contribution in [3.8, 4) is 0 Å². The van der Waals surface area contributed by atoms with Crippen LogP contribution in [0.4, 0.5) is 5.69 Å². The van der Waals surface area contributed by atoms with Crippen LogP contribution in [0.3, 0.4) is 0 Å². The molecule has 1 N–H and O–H groups in total. The van der Waals surface area contributed by atoms with Gasteiger partial charge in [-0.1, -0.05) is 56.1 Å². The molecule has 110 valence electrons. The number of carbonyl (C=O) groups excluding carboxylic acids is 1. The Labute approximate surface area is 126 Å². The predicted molar refractivity (Wildman–Crippen MR) is 88.2 cm³/mol. The molecule has 2 nitrogen and oxygen atoms in total. The van der Waals surface area contributed by atoms with Crippen molar-refractivity contribution in [2.75, 3.05) is 11.1 Å². The molecule has 0 spiro atoms. The summed E-state index contributed by atoms with van der Waals surface area (Å²) in [4.78, 5) is 12.0. The number of hydrogen-bond donors (Lipinski definition) is 1. The summed E-state index contributed by atoms with van der Waals surface area (Å²) < 4.78 is 0. The van der Waals surface area contributed by atoms with Crippen molar-refractivity contribution >= 4 is 22.6 Å². The Morgan fingerprint density at radius 1 is 1.25 bits per heavy atom. The van der Waals surface area contributed by atoms with Gasteiger partial charge in [0.15, 0.2) is 5.12 Å². The molecule has 0 aliphatic heterocycles. The Kier molecular flexibility index (Phi) is 6.44. The number of anilines is 1. The SMILES string of the molecule is CCSC(=O)CC(Nc1ccccc1)C1CCCCC1. The zero-order valence-corrected chi connectivity index (χ0v) is 13.1. The van der Waals surface area contributed by atoms with Gasteiger partial charge >= 0.3 is 0 Å². The minimum atomic E-state index is 0.296. The van der Waals surface area contributed by atoms with E-state index >= 15 is 0 Å².